The maximum atomic E-state index is 12.4. The van der Waals surface area contributed by atoms with E-state index in [9.17, 15) is 19.2 Å². The number of nitrogens with zero attached hydrogens (tertiary/aromatic N) is 1. The predicted molar refractivity (Wildman–Crippen MR) is 102 cm³/mol. The standard InChI is InChI=1S/C21H23NO7/c1-27-13-7-8-18(28-2)16(11-13)17(23)12-29-19(24)9-10-22-20(25)14-5-3-4-6-15(14)21(22)26/h3-4,7-8,11,14-15H,5-6,9-10,12H2,1-2H3/t14-,15-/m1/s1. The molecule has 1 fully saturated rings. The van der Waals surface area contributed by atoms with Gasteiger partial charge in [-0.3, -0.25) is 24.1 Å². The van der Waals surface area contributed by atoms with E-state index < -0.39 is 18.4 Å². The SMILES string of the molecule is COc1ccc(OC)c(C(=O)COC(=O)CCN2C(=O)[C@@H]3CC=CC[C@H]3C2=O)c1. The van der Waals surface area contributed by atoms with Crippen molar-refractivity contribution in [1.82, 2.24) is 4.90 Å². The lowest BCUT2D eigenvalue weighted by molar-refractivity contribution is -0.145. The van der Waals surface area contributed by atoms with E-state index in [2.05, 4.69) is 0 Å². The van der Waals surface area contributed by atoms with Gasteiger partial charge in [0.1, 0.15) is 11.5 Å². The number of carbonyl (C=O) groups excluding carboxylic acids is 4. The van der Waals surface area contributed by atoms with Crippen molar-refractivity contribution in [2.45, 2.75) is 19.3 Å². The smallest absolute Gasteiger partial charge is 0.308 e. The number of ether oxygens (including phenoxy) is 3. The minimum absolute atomic E-state index is 0.0415. The summed E-state index contributed by atoms with van der Waals surface area (Å²) in [6.07, 6.45) is 4.75. The molecule has 1 aliphatic heterocycles. The fourth-order valence-corrected chi connectivity index (χ4v) is 3.62. The van der Waals surface area contributed by atoms with Crippen LogP contribution in [0.15, 0.2) is 30.4 Å². The van der Waals surface area contributed by atoms with E-state index in [1.807, 2.05) is 12.2 Å². The number of methoxy groups -OCH3 is 2. The van der Waals surface area contributed by atoms with Gasteiger partial charge < -0.3 is 14.2 Å². The van der Waals surface area contributed by atoms with Crippen molar-refractivity contribution in [3.63, 3.8) is 0 Å². The van der Waals surface area contributed by atoms with Crippen molar-refractivity contribution in [1.29, 1.82) is 0 Å². The van der Waals surface area contributed by atoms with Crippen molar-refractivity contribution in [3.8, 4) is 11.5 Å². The molecule has 1 aromatic rings. The number of imide groups is 1. The predicted octanol–water partition coefficient (Wildman–Crippen LogP) is 1.77. The lowest BCUT2D eigenvalue weighted by Crippen LogP contribution is -2.33. The van der Waals surface area contributed by atoms with Gasteiger partial charge in [-0.25, -0.2) is 0 Å². The number of hydrogen-bond donors (Lipinski definition) is 0. The Balaban J connectivity index is 1.52. The van der Waals surface area contributed by atoms with E-state index in [1.165, 1.54) is 20.3 Å². The first-order chi connectivity index (χ1) is 14.0. The molecule has 0 N–H and O–H groups in total. The zero-order valence-electron chi connectivity index (χ0n) is 16.4. The Morgan fingerprint density at radius 2 is 1.69 bits per heavy atom. The summed E-state index contributed by atoms with van der Waals surface area (Å²) < 4.78 is 15.3. The lowest BCUT2D eigenvalue weighted by atomic mass is 9.85. The molecule has 1 heterocycles. The van der Waals surface area contributed by atoms with Crippen molar-refractivity contribution in [2.75, 3.05) is 27.4 Å². The molecule has 0 radical (unpaired) electrons. The number of amides is 2. The maximum Gasteiger partial charge on any atom is 0.308 e. The molecule has 0 unspecified atom stereocenters. The molecule has 8 nitrogen and oxygen atoms in total. The molecule has 1 saturated heterocycles. The first kappa shape index (κ1) is 20.6. The van der Waals surface area contributed by atoms with Gasteiger partial charge in [-0.2, -0.15) is 0 Å². The van der Waals surface area contributed by atoms with Gasteiger partial charge in [0.05, 0.1) is 38.0 Å². The van der Waals surface area contributed by atoms with Crippen LogP contribution in [0.25, 0.3) is 0 Å². The Bertz CT molecular complexity index is 835. The summed E-state index contributed by atoms with van der Waals surface area (Å²) in [7, 11) is 2.91. The van der Waals surface area contributed by atoms with Crippen LogP contribution in [0, 0.1) is 11.8 Å². The molecule has 29 heavy (non-hydrogen) atoms. The minimum atomic E-state index is -0.659. The monoisotopic (exact) mass is 401 g/mol. The second-order valence-electron chi connectivity index (χ2n) is 6.88. The van der Waals surface area contributed by atoms with Crippen LogP contribution in [-0.4, -0.2) is 55.8 Å². The highest BCUT2D eigenvalue weighted by atomic mass is 16.5. The van der Waals surface area contributed by atoms with Crippen molar-refractivity contribution in [3.05, 3.63) is 35.9 Å². The van der Waals surface area contributed by atoms with Gasteiger partial charge in [0, 0.05) is 6.54 Å². The van der Waals surface area contributed by atoms with E-state index in [0.717, 1.165) is 4.90 Å². The van der Waals surface area contributed by atoms with Gasteiger partial charge >= 0.3 is 5.97 Å². The Kier molecular flexibility index (Phi) is 6.31. The third-order valence-electron chi connectivity index (χ3n) is 5.21. The number of esters is 1. The molecular formula is C21H23NO7. The molecule has 8 heteroatoms. The summed E-state index contributed by atoms with van der Waals surface area (Å²) in [4.78, 5) is 50.3. The van der Waals surface area contributed by atoms with Crippen LogP contribution in [0.3, 0.4) is 0 Å². The van der Waals surface area contributed by atoms with Crippen molar-refractivity contribution in [2.24, 2.45) is 11.8 Å². The van der Waals surface area contributed by atoms with E-state index in [1.54, 1.807) is 12.1 Å². The lowest BCUT2D eigenvalue weighted by Gasteiger charge is -2.14. The molecule has 2 aliphatic rings. The Hall–Kier alpha value is -3.16. The summed E-state index contributed by atoms with van der Waals surface area (Å²) >= 11 is 0. The van der Waals surface area contributed by atoms with Gasteiger partial charge in [0.2, 0.25) is 17.6 Å². The zero-order valence-corrected chi connectivity index (χ0v) is 16.4. The molecule has 0 saturated carbocycles. The quantitative estimate of drug-likeness (QED) is 0.283. The molecule has 1 aromatic carbocycles. The molecule has 3 rings (SSSR count). The number of hydrogen-bond acceptors (Lipinski definition) is 7. The molecule has 154 valence electrons. The molecular weight excluding hydrogens is 378 g/mol. The van der Waals surface area contributed by atoms with E-state index >= 15 is 0 Å². The van der Waals surface area contributed by atoms with Crippen LogP contribution in [-0.2, 0) is 19.1 Å². The van der Waals surface area contributed by atoms with Crippen LogP contribution in [0.1, 0.15) is 29.6 Å². The second-order valence-corrected chi connectivity index (χ2v) is 6.88. The average molecular weight is 401 g/mol. The fourth-order valence-electron chi connectivity index (χ4n) is 3.62. The topological polar surface area (TPSA) is 99.2 Å². The number of ketones is 1. The molecule has 0 aromatic heterocycles. The van der Waals surface area contributed by atoms with Crippen LogP contribution < -0.4 is 9.47 Å². The highest BCUT2D eigenvalue weighted by Gasteiger charge is 2.46. The number of Topliss-reactive ketones (excluding diaryl/α,β-unsaturated/α-hetero) is 1. The van der Waals surface area contributed by atoms with Gasteiger partial charge in [0.15, 0.2) is 6.61 Å². The van der Waals surface area contributed by atoms with Crippen LogP contribution in [0.2, 0.25) is 0 Å². The van der Waals surface area contributed by atoms with Gasteiger partial charge in [-0.05, 0) is 31.0 Å². The number of allylic oxidation sites excluding steroid dienone is 2. The van der Waals surface area contributed by atoms with Gasteiger partial charge in [-0.1, -0.05) is 12.2 Å². The number of carbonyl (C=O) groups is 4. The van der Waals surface area contributed by atoms with E-state index in [-0.39, 0.29) is 42.2 Å². The Labute approximate surface area is 168 Å². The van der Waals surface area contributed by atoms with Gasteiger partial charge in [0.25, 0.3) is 0 Å². The number of benzene rings is 1. The van der Waals surface area contributed by atoms with Crippen LogP contribution in [0.4, 0.5) is 0 Å². The summed E-state index contributed by atoms with van der Waals surface area (Å²) in [6, 6.07) is 4.75. The minimum Gasteiger partial charge on any atom is -0.497 e. The number of likely N-dealkylation sites (tertiary alicyclic amines) is 1. The molecule has 0 spiro atoms. The van der Waals surface area contributed by atoms with Crippen LogP contribution in [0.5, 0.6) is 11.5 Å². The zero-order chi connectivity index (χ0) is 21.0. The first-order valence-corrected chi connectivity index (χ1v) is 9.37. The molecule has 2 amide bonds. The largest absolute Gasteiger partial charge is 0.497 e. The summed E-state index contributed by atoms with van der Waals surface area (Å²) in [6.45, 7) is -0.514. The number of rotatable bonds is 8. The van der Waals surface area contributed by atoms with E-state index in [0.29, 0.717) is 24.3 Å². The molecule has 0 bridgehead atoms. The van der Waals surface area contributed by atoms with E-state index in [4.69, 9.17) is 14.2 Å². The first-order valence-electron chi connectivity index (χ1n) is 9.37. The third-order valence-corrected chi connectivity index (χ3v) is 5.21. The fraction of sp³-hybridized carbons (Fsp3) is 0.429. The van der Waals surface area contributed by atoms with Crippen molar-refractivity contribution < 1.29 is 33.4 Å². The van der Waals surface area contributed by atoms with Crippen molar-refractivity contribution >= 4 is 23.6 Å². The summed E-state index contributed by atoms with van der Waals surface area (Å²) in [5, 5.41) is 0. The highest BCUT2D eigenvalue weighted by molar-refractivity contribution is 6.05. The number of fused-ring (bicyclic) bond motifs is 1. The molecule has 1 aliphatic carbocycles. The Morgan fingerprint density at radius 3 is 2.28 bits per heavy atom. The second kappa shape index (κ2) is 8.89. The Morgan fingerprint density at radius 1 is 1.03 bits per heavy atom. The average Bonchev–Trinajstić information content (AvgIpc) is 3.00. The highest BCUT2D eigenvalue weighted by Crippen LogP contribution is 2.35. The van der Waals surface area contributed by atoms with Crippen LogP contribution >= 0.6 is 0 Å². The normalized spacial score (nSPS) is 20.4. The third kappa shape index (κ3) is 4.31. The maximum absolute atomic E-state index is 12.4. The summed E-state index contributed by atoms with van der Waals surface area (Å²) in [5.41, 5.74) is 0.237. The summed E-state index contributed by atoms with van der Waals surface area (Å²) in [5.74, 6) is -1.42. The van der Waals surface area contributed by atoms with Gasteiger partial charge in [-0.15, -0.1) is 0 Å². The molecule has 2 atom stereocenters.